The second kappa shape index (κ2) is 5.61. The summed E-state index contributed by atoms with van der Waals surface area (Å²) in [6.45, 7) is 9.39. The lowest BCUT2D eigenvalue weighted by Crippen LogP contribution is -2.30. The lowest BCUT2D eigenvalue weighted by atomic mass is 9.65. The average molecular weight is 172 g/mol. The quantitative estimate of drug-likeness (QED) is 0.571. The van der Waals surface area contributed by atoms with Gasteiger partial charge in [-0.15, -0.1) is 0 Å². The van der Waals surface area contributed by atoms with Crippen LogP contribution < -0.4 is 0 Å². The Kier molecular flexibility index (Phi) is 6.79. The van der Waals surface area contributed by atoms with Crippen molar-refractivity contribution in [2.75, 3.05) is 0 Å². The highest BCUT2D eigenvalue weighted by atomic mass is 14.4. The molecule has 0 aromatic carbocycles. The Morgan fingerprint density at radius 1 is 0.750 bits per heavy atom. The third kappa shape index (κ3) is 3.16. The van der Waals surface area contributed by atoms with Gasteiger partial charge in [0, 0.05) is 0 Å². The van der Waals surface area contributed by atoms with Crippen molar-refractivity contribution in [3.63, 3.8) is 0 Å². The predicted octanol–water partition coefficient (Wildman–Crippen LogP) is 4.60. The molecular weight excluding hydrogens is 144 g/mol. The molecule has 0 bridgehead atoms. The minimum atomic E-state index is 0. The molecule has 0 N–H and O–H groups in total. The van der Waals surface area contributed by atoms with Gasteiger partial charge in [-0.2, -0.15) is 0 Å². The van der Waals surface area contributed by atoms with Gasteiger partial charge in [0.25, 0.3) is 0 Å². The highest BCUT2D eigenvalue weighted by Gasteiger charge is 2.32. The van der Waals surface area contributed by atoms with Crippen LogP contribution in [0.2, 0.25) is 0 Å². The maximum Gasteiger partial charge on any atom is -0.0386 e. The van der Waals surface area contributed by atoms with E-state index in [-0.39, 0.29) is 14.9 Å². The van der Waals surface area contributed by atoms with Crippen LogP contribution in [0.5, 0.6) is 0 Å². The monoisotopic (exact) mass is 172 g/mol. The number of rotatable bonds is 2. The van der Waals surface area contributed by atoms with Crippen LogP contribution in [-0.2, 0) is 0 Å². The Morgan fingerprint density at radius 3 is 1.17 bits per heavy atom. The number of hydrogen-bond donors (Lipinski definition) is 0. The van der Waals surface area contributed by atoms with Gasteiger partial charge in [-0.1, -0.05) is 42.5 Å². The van der Waals surface area contributed by atoms with E-state index >= 15 is 0 Å². The lowest BCUT2D eigenvalue weighted by molar-refractivity contribution is 0.102. The van der Waals surface area contributed by atoms with Gasteiger partial charge in [0.15, 0.2) is 0 Å². The van der Waals surface area contributed by atoms with Gasteiger partial charge >= 0.3 is 0 Å². The highest BCUT2D eigenvalue weighted by molar-refractivity contribution is 4.82. The largest absolute Gasteiger partial charge is 0.0776 e. The summed E-state index contributed by atoms with van der Waals surface area (Å²) in [5.41, 5.74) is 0. The van der Waals surface area contributed by atoms with Crippen LogP contribution in [0.25, 0.3) is 0 Å². The van der Waals surface area contributed by atoms with Crippen molar-refractivity contribution in [3.05, 3.63) is 0 Å². The van der Waals surface area contributed by atoms with Crippen molar-refractivity contribution in [1.82, 2.24) is 0 Å². The molecule has 0 atom stereocenters. The van der Waals surface area contributed by atoms with Crippen molar-refractivity contribution in [1.29, 1.82) is 0 Å². The van der Waals surface area contributed by atoms with E-state index in [1.807, 2.05) is 0 Å². The summed E-state index contributed by atoms with van der Waals surface area (Å²) in [6.07, 6.45) is 2.99. The standard InChI is InChI=1S/C10H20.2CH4/c1-7(2)9-5-10(6-9)8(3)4;;/h7-10H,5-6H2,1-4H3;2*1H4. The van der Waals surface area contributed by atoms with Crippen LogP contribution >= 0.6 is 0 Å². The van der Waals surface area contributed by atoms with Crippen LogP contribution in [0.15, 0.2) is 0 Å². The fourth-order valence-electron chi connectivity index (χ4n) is 1.80. The van der Waals surface area contributed by atoms with Crippen LogP contribution in [0.1, 0.15) is 55.4 Å². The maximum atomic E-state index is 2.35. The van der Waals surface area contributed by atoms with Gasteiger partial charge in [0.05, 0.1) is 0 Å². The Balaban J connectivity index is 0. The Bertz CT molecular complexity index is 84.6. The number of hydrogen-bond acceptors (Lipinski definition) is 0. The molecule has 1 fully saturated rings. The summed E-state index contributed by atoms with van der Waals surface area (Å²) in [6, 6.07) is 0. The molecule has 0 amide bonds. The Hall–Kier alpha value is 0. The van der Waals surface area contributed by atoms with Crippen LogP contribution in [-0.4, -0.2) is 0 Å². The predicted molar refractivity (Wildman–Crippen MR) is 59.4 cm³/mol. The maximum absolute atomic E-state index is 2.35. The zero-order chi connectivity index (χ0) is 7.72. The minimum absolute atomic E-state index is 0. The minimum Gasteiger partial charge on any atom is -0.0776 e. The van der Waals surface area contributed by atoms with E-state index in [2.05, 4.69) is 27.7 Å². The van der Waals surface area contributed by atoms with E-state index in [1.54, 1.807) is 0 Å². The summed E-state index contributed by atoms with van der Waals surface area (Å²) in [4.78, 5) is 0. The first-order valence-electron chi connectivity index (χ1n) is 4.61. The van der Waals surface area contributed by atoms with Crippen molar-refractivity contribution >= 4 is 0 Å². The molecule has 0 radical (unpaired) electrons. The highest BCUT2D eigenvalue weighted by Crippen LogP contribution is 2.42. The molecule has 0 saturated heterocycles. The summed E-state index contributed by atoms with van der Waals surface area (Å²) in [7, 11) is 0. The molecule has 0 aliphatic heterocycles. The van der Waals surface area contributed by atoms with E-state index in [0.717, 1.165) is 23.7 Å². The second-order valence-electron chi connectivity index (χ2n) is 4.48. The Morgan fingerprint density at radius 2 is 1.00 bits per heavy atom. The smallest absolute Gasteiger partial charge is 0.0386 e. The molecule has 0 aromatic heterocycles. The molecule has 1 aliphatic carbocycles. The third-order valence-corrected chi connectivity index (χ3v) is 3.10. The molecule has 0 unspecified atom stereocenters. The SMILES string of the molecule is C.C.CC(C)C1CC(C(C)C)C1. The molecule has 1 rings (SSSR count). The van der Waals surface area contributed by atoms with Gasteiger partial charge in [-0.05, 0) is 36.5 Å². The molecule has 0 spiro atoms. The fourth-order valence-corrected chi connectivity index (χ4v) is 1.80. The summed E-state index contributed by atoms with van der Waals surface area (Å²) in [5, 5.41) is 0. The van der Waals surface area contributed by atoms with Crippen LogP contribution in [0.4, 0.5) is 0 Å². The van der Waals surface area contributed by atoms with E-state index in [1.165, 1.54) is 12.8 Å². The molecule has 1 saturated carbocycles. The van der Waals surface area contributed by atoms with Crippen LogP contribution in [0, 0.1) is 23.7 Å². The Labute approximate surface area is 79.8 Å². The average Bonchev–Trinajstić information content (AvgIpc) is 1.56. The summed E-state index contributed by atoms with van der Waals surface area (Å²) < 4.78 is 0. The molecule has 0 nitrogen and oxygen atoms in total. The molecule has 12 heavy (non-hydrogen) atoms. The first-order valence-corrected chi connectivity index (χ1v) is 4.61. The molecule has 76 valence electrons. The van der Waals surface area contributed by atoms with Gasteiger partial charge in [-0.25, -0.2) is 0 Å². The summed E-state index contributed by atoms with van der Waals surface area (Å²) >= 11 is 0. The first-order chi connectivity index (χ1) is 4.61. The molecular formula is C12H28. The van der Waals surface area contributed by atoms with E-state index in [9.17, 15) is 0 Å². The molecule has 0 heteroatoms. The molecule has 0 heterocycles. The normalized spacial score (nSPS) is 27.5. The zero-order valence-electron chi connectivity index (χ0n) is 7.72. The zero-order valence-corrected chi connectivity index (χ0v) is 7.72. The molecule has 0 aromatic rings. The van der Waals surface area contributed by atoms with Gasteiger partial charge < -0.3 is 0 Å². The van der Waals surface area contributed by atoms with E-state index < -0.39 is 0 Å². The lowest BCUT2D eigenvalue weighted by Gasteiger charge is -2.40. The van der Waals surface area contributed by atoms with Crippen LogP contribution in [0.3, 0.4) is 0 Å². The van der Waals surface area contributed by atoms with Gasteiger partial charge in [0.1, 0.15) is 0 Å². The van der Waals surface area contributed by atoms with Crippen molar-refractivity contribution in [2.24, 2.45) is 23.7 Å². The van der Waals surface area contributed by atoms with E-state index in [4.69, 9.17) is 0 Å². The topological polar surface area (TPSA) is 0 Å². The van der Waals surface area contributed by atoms with Gasteiger partial charge in [-0.3, -0.25) is 0 Å². The third-order valence-electron chi connectivity index (χ3n) is 3.10. The van der Waals surface area contributed by atoms with Crippen molar-refractivity contribution in [3.8, 4) is 0 Å². The second-order valence-corrected chi connectivity index (χ2v) is 4.48. The fraction of sp³-hybridized carbons (Fsp3) is 1.00. The molecule has 1 aliphatic rings. The van der Waals surface area contributed by atoms with Crippen molar-refractivity contribution in [2.45, 2.75) is 55.4 Å². The van der Waals surface area contributed by atoms with Crippen molar-refractivity contribution < 1.29 is 0 Å². The van der Waals surface area contributed by atoms with E-state index in [0.29, 0.717) is 0 Å². The first kappa shape index (κ1) is 14.5. The summed E-state index contributed by atoms with van der Waals surface area (Å²) in [5.74, 6) is 3.95. The van der Waals surface area contributed by atoms with Gasteiger partial charge in [0.2, 0.25) is 0 Å².